The topological polar surface area (TPSA) is 17.1 Å². The number of carbonyl (C=O) groups excluding carboxylic acids is 1. The van der Waals surface area contributed by atoms with Gasteiger partial charge in [-0.1, -0.05) is 13.8 Å². The van der Waals surface area contributed by atoms with Crippen molar-refractivity contribution in [1.29, 1.82) is 0 Å². The van der Waals surface area contributed by atoms with Crippen molar-refractivity contribution < 1.29 is 4.79 Å². The zero-order chi connectivity index (χ0) is 7.28. The Kier molecular flexibility index (Phi) is 4.78. The Labute approximate surface area is 61.4 Å². The van der Waals surface area contributed by atoms with Crippen LogP contribution in [0.3, 0.4) is 0 Å². The monoisotopic (exact) mass is 148 g/mol. The summed E-state index contributed by atoms with van der Waals surface area (Å²) in [5.41, 5.74) is 0. The number of hydrogen-bond donors (Lipinski definition) is 0. The minimum atomic E-state index is -0.153. The molecule has 1 fully saturated rings. The molecule has 0 heterocycles. The van der Waals surface area contributed by atoms with E-state index >= 15 is 0 Å². The zero-order valence-electron chi connectivity index (χ0n) is 5.98. The summed E-state index contributed by atoms with van der Waals surface area (Å²) >= 11 is 5.51. The van der Waals surface area contributed by atoms with E-state index in [4.69, 9.17) is 11.6 Å². The molecule has 0 amide bonds. The quantitative estimate of drug-likeness (QED) is 0.482. The van der Waals surface area contributed by atoms with E-state index in [1.54, 1.807) is 0 Å². The highest BCUT2D eigenvalue weighted by Crippen LogP contribution is 2.18. The van der Waals surface area contributed by atoms with E-state index in [1.807, 2.05) is 13.8 Å². The lowest BCUT2D eigenvalue weighted by atomic mass is 10.3. The number of hydrogen-bond acceptors (Lipinski definition) is 1. The van der Waals surface area contributed by atoms with Crippen LogP contribution in [-0.2, 0) is 4.79 Å². The van der Waals surface area contributed by atoms with Gasteiger partial charge in [-0.25, -0.2) is 0 Å². The highest BCUT2D eigenvalue weighted by Gasteiger charge is 2.20. The van der Waals surface area contributed by atoms with Gasteiger partial charge in [0.1, 0.15) is 0 Å². The van der Waals surface area contributed by atoms with Crippen molar-refractivity contribution >= 4 is 17.4 Å². The Balaban J connectivity index is 0.000000291. The third-order valence-corrected chi connectivity index (χ3v) is 1.69. The number of ketones is 1. The van der Waals surface area contributed by atoms with Crippen LogP contribution in [0.1, 0.15) is 33.1 Å². The Morgan fingerprint density at radius 3 is 2.22 bits per heavy atom. The molecule has 0 aromatic heterocycles. The van der Waals surface area contributed by atoms with Gasteiger partial charge in [0.05, 0.1) is 5.38 Å². The molecule has 0 bridgehead atoms. The van der Waals surface area contributed by atoms with E-state index in [1.165, 1.54) is 0 Å². The molecule has 0 aromatic carbocycles. The fourth-order valence-corrected chi connectivity index (χ4v) is 1.04. The first kappa shape index (κ1) is 8.96. The summed E-state index contributed by atoms with van der Waals surface area (Å²) in [6.07, 6.45) is 2.58. The average molecular weight is 149 g/mol. The molecule has 1 atom stereocenters. The molecule has 0 spiro atoms. The molecule has 1 rings (SSSR count). The standard InChI is InChI=1S/C5H7ClO.C2H6/c6-4-2-1-3-5(4)7;1-2/h4H,1-3H2;1-2H3. The van der Waals surface area contributed by atoms with Gasteiger partial charge in [0.2, 0.25) is 0 Å². The molecule has 54 valence electrons. The molecule has 0 aromatic rings. The summed E-state index contributed by atoms with van der Waals surface area (Å²) < 4.78 is 0. The van der Waals surface area contributed by atoms with Crippen molar-refractivity contribution in [2.45, 2.75) is 38.5 Å². The van der Waals surface area contributed by atoms with Gasteiger partial charge >= 0.3 is 0 Å². The van der Waals surface area contributed by atoms with E-state index in [0.717, 1.165) is 12.8 Å². The Hall–Kier alpha value is -0.0400. The van der Waals surface area contributed by atoms with E-state index in [2.05, 4.69) is 0 Å². The molecule has 9 heavy (non-hydrogen) atoms. The number of carbonyl (C=O) groups is 1. The van der Waals surface area contributed by atoms with Gasteiger partial charge in [-0.2, -0.15) is 0 Å². The lowest BCUT2D eigenvalue weighted by molar-refractivity contribution is -0.117. The number of alkyl halides is 1. The first-order chi connectivity index (χ1) is 4.30. The van der Waals surface area contributed by atoms with Crippen molar-refractivity contribution in [2.24, 2.45) is 0 Å². The number of halogens is 1. The van der Waals surface area contributed by atoms with Crippen molar-refractivity contribution in [3.05, 3.63) is 0 Å². The lowest BCUT2D eigenvalue weighted by Gasteiger charge is -1.88. The van der Waals surface area contributed by atoms with E-state index in [9.17, 15) is 4.79 Å². The van der Waals surface area contributed by atoms with E-state index < -0.39 is 0 Å². The normalized spacial score (nSPS) is 25.2. The second-order valence-electron chi connectivity index (χ2n) is 1.83. The van der Waals surface area contributed by atoms with Gasteiger partial charge in [0, 0.05) is 6.42 Å². The summed E-state index contributed by atoms with van der Waals surface area (Å²) in [5, 5.41) is -0.153. The van der Waals surface area contributed by atoms with Crippen molar-refractivity contribution in [3.63, 3.8) is 0 Å². The third kappa shape index (κ3) is 2.85. The summed E-state index contributed by atoms with van der Waals surface area (Å²) in [4.78, 5) is 10.4. The summed E-state index contributed by atoms with van der Waals surface area (Å²) in [7, 11) is 0. The van der Waals surface area contributed by atoms with Gasteiger partial charge in [-0.05, 0) is 12.8 Å². The number of Topliss-reactive ketones (excluding diaryl/α,β-unsaturated/α-hetero) is 1. The summed E-state index contributed by atoms with van der Waals surface area (Å²) in [6, 6.07) is 0. The second kappa shape index (κ2) is 4.80. The SMILES string of the molecule is CC.O=C1CCCC1Cl. The Morgan fingerprint density at radius 1 is 1.56 bits per heavy atom. The maximum atomic E-state index is 10.4. The van der Waals surface area contributed by atoms with Crippen LogP contribution in [0.5, 0.6) is 0 Å². The highest BCUT2D eigenvalue weighted by molar-refractivity contribution is 6.31. The molecular weight excluding hydrogens is 136 g/mol. The van der Waals surface area contributed by atoms with Gasteiger partial charge in [-0.3, -0.25) is 4.79 Å². The predicted molar refractivity (Wildman–Crippen MR) is 39.8 cm³/mol. The predicted octanol–water partition coefficient (Wildman–Crippen LogP) is 2.37. The largest absolute Gasteiger partial charge is 0.298 e. The fourth-order valence-electron chi connectivity index (χ4n) is 0.773. The van der Waals surface area contributed by atoms with Crippen LogP contribution in [0.25, 0.3) is 0 Å². The molecule has 1 saturated carbocycles. The summed E-state index contributed by atoms with van der Waals surface area (Å²) in [5.74, 6) is 0.224. The minimum absolute atomic E-state index is 0.153. The maximum Gasteiger partial charge on any atom is 0.150 e. The molecular formula is C7H13ClO. The maximum absolute atomic E-state index is 10.4. The third-order valence-electron chi connectivity index (χ3n) is 1.23. The molecule has 0 saturated heterocycles. The molecule has 1 aliphatic rings. The summed E-state index contributed by atoms with van der Waals surface area (Å²) in [6.45, 7) is 4.00. The van der Waals surface area contributed by atoms with Crippen molar-refractivity contribution in [2.75, 3.05) is 0 Å². The van der Waals surface area contributed by atoms with Crippen LogP contribution in [0.4, 0.5) is 0 Å². The molecule has 1 aliphatic carbocycles. The zero-order valence-corrected chi connectivity index (χ0v) is 6.74. The first-order valence-electron chi connectivity index (χ1n) is 3.47. The Bertz CT molecular complexity index is 90.9. The Morgan fingerprint density at radius 2 is 2.11 bits per heavy atom. The molecule has 1 nitrogen and oxygen atoms in total. The molecule has 2 heteroatoms. The van der Waals surface area contributed by atoms with E-state index in [0.29, 0.717) is 6.42 Å². The van der Waals surface area contributed by atoms with Crippen LogP contribution < -0.4 is 0 Å². The van der Waals surface area contributed by atoms with Crippen molar-refractivity contribution in [3.8, 4) is 0 Å². The highest BCUT2D eigenvalue weighted by atomic mass is 35.5. The van der Waals surface area contributed by atoms with Crippen LogP contribution in [0.2, 0.25) is 0 Å². The number of rotatable bonds is 0. The van der Waals surface area contributed by atoms with Gasteiger partial charge in [-0.15, -0.1) is 11.6 Å². The van der Waals surface area contributed by atoms with Gasteiger partial charge in [0.25, 0.3) is 0 Å². The van der Waals surface area contributed by atoms with Crippen LogP contribution in [0.15, 0.2) is 0 Å². The van der Waals surface area contributed by atoms with Gasteiger partial charge in [0.15, 0.2) is 5.78 Å². The fraction of sp³-hybridized carbons (Fsp3) is 0.857. The van der Waals surface area contributed by atoms with Crippen LogP contribution >= 0.6 is 11.6 Å². The lowest BCUT2D eigenvalue weighted by Crippen LogP contribution is -2.02. The average Bonchev–Trinajstić information content (AvgIpc) is 2.23. The van der Waals surface area contributed by atoms with Crippen molar-refractivity contribution in [1.82, 2.24) is 0 Å². The molecule has 0 aliphatic heterocycles. The molecule has 0 radical (unpaired) electrons. The molecule has 0 N–H and O–H groups in total. The smallest absolute Gasteiger partial charge is 0.150 e. The van der Waals surface area contributed by atoms with Crippen LogP contribution in [-0.4, -0.2) is 11.2 Å². The van der Waals surface area contributed by atoms with E-state index in [-0.39, 0.29) is 11.2 Å². The minimum Gasteiger partial charge on any atom is -0.298 e. The van der Waals surface area contributed by atoms with Crippen LogP contribution in [0, 0.1) is 0 Å². The van der Waals surface area contributed by atoms with Gasteiger partial charge < -0.3 is 0 Å². The first-order valence-corrected chi connectivity index (χ1v) is 3.91. The molecule has 1 unspecified atom stereocenters. The second-order valence-corrected chi connectivity index (χ2v) is 2.35.